The van der Waals surface area contributed by atoms with Gasteiger partial charge in [-0.3, -0.25) is 9.69 Å². The van der Waals surface area contributed by atoms with Gasteiger partial charge in [0.15, 0.2) is 0 Å². The highest BCUT2D eigenvalue weighted by Crippen LogP contribution is 2.24. The molecule has 0 radical (unpaired) electrons. The molecule has 20 heavy (non-hydrogen) atoms. The molecule has 2 aliphatic rings. The minimum atomic E-state index is 0.169. The molecule has 1 saturated carbocycles. The number of likely N-dealkylation sites (tertiary alicyclic amines) is 1. The lowest BCUT2D eigenvalue weighted by atomic mass is 10.00. The maximum Gasteiger partial charge on any atom is 0.234 e. The summed E-state index contributed by atoms with van der Waals surface area (Å²) < 4.78 is 0. The lowest BCUT2D eigenvalue weighted by Crippen LogP contribution is -2.52. The van der Waals surface area contributed by atoms with Crippen molar-refractivity contribution in [2.75, 3.05) is 33.7 Å². The van der Waals surface area contributed by atoms with E-state index in [0.29, 0.717) is 12.6 Å². The highest BCUT2D eigenvalue weighted by Gasteiger charge is 2.27. The fourth-order valence-electron chi connectivity index (χ4n) is 3.64. The Kier molecular flexibility index (Phi) is 6.30. The molecule has 0 unspecified atom stereocenters. The van der Waals surface area contributed by atoms with Crippen LogP contribution < -0.4 is 5.32 Å². The van der Waals surface area contributed by atoms with E-state index in [9.17, 15) is 4.79 Å². The summed E-state index contributed by atoms with van der Waals surface area (Å²) in [5.41, 5.74) is 0. The number of likely N-dealkylation sites (N-methyl/N-ethyl adjacent to an activating group) is 1. The maximum atomic E-state index is 11.9. The van der Waals surface area contributed by atoms with Crippen molar-refractivity contribution in [3.05, 3.63) is 0 Å². The van der Waals surface area contributed by atoms with Gasteiger partial charge in [-0.05, 0) is 46.3 Å². The maximum absolute atomic E-state index is 11.9. The SMILES string of the molecule is CN(C)CC(=O)N[C@H]1CCCN(C2CCCCCC2)C1. The molecule has 1 amide bonds. The van der Waals surface area contributed by atoms with E-state index in [0.717, 1.165) is 19.0 Å². The summed E-state index contributed by atoms with van der Waals surface area (Å²) in [6.07, 6.45) is 10.7. The zero-order chi connectivity index (χ0) is 14.4. The van der Waals surface area contributed by atoms with E-state index in [2.05, 4.69) is 10.2 Å². The average molecular weight is 281 g/mol. The fourth-order valence-corrected chi connectivity index (χ4v) is 3.64. The van der Waals surface area contributed by atoms with E-state index in [1.165, 1.54) is 51.5 Å². The van der Waals surface area contributed by atoms with Crippen LogP contribution in [0.15, 0.2) is 0 Å². The molecule has 1 aliphatic carbocycles. The first kappa shape index (κ1) is 15.8. The van der Waals surface area contributed by atoms with E-state index in [1.807, 2.05) is 19.0 Å². The molecule has 1 aliphatic heterocycles. The molecule has 0 spiro atoms. The number of piperidine rings is 1. The number of carbonyl (C=O) groups is 1. The van der Waals surface area contributed by atoms with Crippen LogP contribution in [0.2, 0.25) is 0 Å². The molecule has 4 nitrogen and oxygen atoms in total. The van der Waals surface area contributed by atoms with Gasteiger partial charge in [0.1, 0.15) is 0 Å². The van der Waals surface area contributed by atoms with Crippen molar-refractivity contribution in [2.45, 2.75) is 63.5 Å². The largest absolute Gasteiger partial charge is 0.351 e. The third-order valence-corrected chi connectivity index (χ3v) is 4.62. The second-order valence-electron chi connectivity index (χ2n) is 6.78. The molecule has 4 heteroatoms. The molecular weight excluding hydrogens is 250 g/mol. The Labute approximate surface area is 123 Å². The van der Waals surface area contributed by atoms with Gasteiger partial charge < -0.3 is 10.2 Å². The quantitative estimate of drug-likeness (QED) is 0.799. The van der Waals surface area contributed by atoms with Crippen molar-refractivity contribution >= 4 is 5.91 Å². The van der Waals surface area contributed by atoms with E-state index in [4.69, 9.17) is 0 Å². The van der Waals surface area contributed by atoms with E-state index in [1.54, 1.807) is 0 Å². The molecular formula is C16H31N3O. The number of rotatable bonds is 4. The smallest absolute Gasteiger partial charge is 0.234 e. The van der Waals surface area contributed by atoms with Crippen molar-refractivity contribution in [1.82, 2.24) is 15.1 Å². The molecule has 0 aromatic rings. The lowest BCUT2D eigenvalue weighted by Gasteiger charge is -2.38. The number of nitrogens with one attached hydrogen (secondary N) is 1. The minimum absolute atomic E-state index is 0.169. The number of amides is 1. The second-order valence-corrected chi connectivity index (χ2v) is 6.78. The first-order valence-electron chi connectivity index (χ1n) is 8.33. The highest BCUT2D eigenvalue weighted by atomic mass is 16.2. The molecule has 2 fully saturated rings. The third kappa shape index (κ3) is 5.06. The van der Waals surface area contributed by atoms with E-state index < -0.39 is 0 Å². The number of hydrogen-bond donors (Lipinski definition) is 1. The molecule has 1 saturated heterocycles. The third-order valence-electron chi connectivity index (χ3n) is 4.62. The Morgan fingerprint density at radius 1 is 1.10 bits per heavy atom. The zero-order valence-corrected chi connectivity index (χ0v) is 13.2. The summed E-state index contributed by atoms with van der Waals surface area (Å²) in [7, 11) is 3.89. The van der Waals surface area contributed by atoms with Crippen molar-refractivity contribution in [3.8, 4) is 0 Å². The van der Waals surface area contributed by atoms with Crippen LogP contribution in [0.25, 0.3) is 0 Å². The zero-order valence-electron chi connectivity index (χ0n) is 13.2. The van der Waals surface area contributed by atoms with Gasteiger partial charge in [0, 0.05) is 18.6 Å². The highest BCUT2D eigenvalue weighted by molar-refractivity contribution is 5.78. The van der Waals surface area contributed by atoms with Crippen LogP contribution in [0.1, 0.15) is 51.4 Å². The standard InChI is InChI=1S/C16H31N3O/c1-18(2)13-16(20)17-14-8-7-11-19(12-14)15-9-5-3-4-6-10-15/h14-15H,3-13H2,1-2H3,(H,17,20)/t14-/m0/s1. The van der Waals surface area contributed by atoms with Gasteiger partial charge >= 0.3 is 0 Å². The average Bonchev–Trinajstić information content (AvgIpc) is 2.66. The van der Waals surface area contributed by atoms with Crippen molar-refractivity contribution in [3.63, 3.8) is 0 Å². The van der Waals surface area contributed by atoms with Crippen LogP contribution in [0.4, 0.5) is 0 Å². The molecule has 0 bridgehead atoms. The second kappa shape index (κ2) is 7.99. The predicted octanol–water partition coefficient (Wildman–Crippen LogP) is 1.85. The molecule has 1 heterocycles. The monoisotopic (exact) mass is 281 g/mol. The Morgan fingerprint density at radius 2 is 1.80 bits per heavy atom. The summed E-state index contributed by atoms with van der Waals surface area (Å²) in [6.45, 7) is 2.79. The molecule has 0 aromatic carbocycles. The van der Waals surface area contributed by atoms with Crippen LogP contribution in [0.5, 0.6) is 0 Å². The Bertz CT molecular complexity index is 298. The van der Waals surface area contributed by atoms with Gasteiger partial charge in [-0.2, -0.15) is 0 Å². The first-order chi connectivity index (χ1) is 9.65. The predicted molar refractivity (Wildman–Crippen MR) is 82.8 cm³/mol. The molecule has 116 valence electrons. The lowest BCUT2D eigenvalue weighted by molar-refractivity contribution is -0.122. The normalized spacial score (nSPS) is 26.4. The van der Waals surface area contributed by atoms with Gasteiger partial charge in [-0.1, -0.05) is 25.7 Å². The molecule has 2 rings (SSSR count). The number of carbonyl (C=O) groups excluding carboxylic acids is 1. The summed E-state index contributed by atoms with van der Waals surface area (Å²) in [4.78, 5) is 16.5. The Hall–Kier alpha value is -0.610. The van der Waals surface area contributed by atoms with Gasteiger partial charge in [-0.15, -0.1) is 0 Å². The number of hydrogen-bond acceptors (Lipinski definition) is 3. The van der Waals surface area contributed by atoms with Crippen LogP contribution in [-0.4, -0.2) is 61.5 Å². The first-order valence-corrected chi connectivity index (χ1v) is 8.33. The van der Waals surface area contributed by atoms with Crippen molar-refractivity contribution in [2.24, 2.45) is 0 Å². The van der Waals surface area contributed by atoms with Gasteiger partial charge in [0.2, 0.25) is 5.91 Å². The van der Waals surface area contributed by atoms with Crippen molar-refractivity contribution in [1.29, 1.82) is 0 Å². The van der Waals surface area contributed by atoms with E-state index in [-0.39, 0.29) is 5.91 Å². The summed E-state index contributed by atoms with van der Waals surface area (Å²) >= 11 is 0. The van der Waals surface area contributed by atoms with Crippen LogP contribution in [0.3, 0.4) is 0 Å². The summed E-state index contributed by atoms with van der Waals surface area (Å²) in [6, 6.07) is 1.13. The van der Waals surface area contributed by atoms with Gasteiger partial charge in [-0.25, -0.2) is 0 Å². The van der Waals surface area contributed by atoms with E-state index >= 15 is 0 Å². The van der Waals surface area contributed by atoms with Crippen LogP contribution in [-0.2, 0) is 4.79 Å². The molecule has 1 N–H and O–H groups in total. The Balaban J connectivity index is 1.80. The summed E-state index contributed by atoms with van der Waals surface area (Å²) in [5.74, 6) is 0.169. The molecule has 0 aromatic heterocycles. The Morgan fingerprint density at radius 3 is 2.45 bits per heavy atom. The van der Waals surface area contributed by atoms with Crippen LogP contribution >= 0.6 is 0 Å². The van der Waals surface area contributed by atoms with Gasteiger partial charge in [0.25, 0.3) is 0 Å². The molecule has 1 atom stereocenters. The number of nitrogens with zero attached hydrogens (tertiary/aromatic N) is 2. The van der Waals surface area contributed by atoms with Crippen LogP contribution in [0, 0.1) is 0 Å². The summed E-state index contributed by atoms with van der Waals surface area (Å²) in [5, 5.41) is 3.21. The topological polar surface area (TPSA) is 35.6 Å². The minimum Gasteiger partial charge on any atom is -0.351 e. The van der Waals surface area contributed by atoms with Gasteiger partial charge in [0.05, 0.1) is 6.54 Å². The van der Waals surface area contributed by atoms with Crippen molar-refractivity contribution < 1.29 is 4.79 Å². The fraction of sp³-hybridized carbons (Fsp3) is 0.938.